The number of para-hydroxylation sites is 1. The van der Waals surface area contributed by atoms with Crippen LogP contribution in [0.25, 0.3) is 10.2 Å². The molecule has 1 fully saturated rings. The van der Waals surface area contributed by atoms with E-state index in [0.29, 0.717) is 58.3 Å². The molecule has 0 unspecified atom stereocenters. The highest BCUT2D eigenvalue weighted by molar-refractivity contribution is 7.18. The number of Topliss-reactive ketones (excluding diaryl/α,β-unsaturated/α-hetero) is 2. The molecule has 5 rings (SSSR count). The lowest BCUT2D eigenvalue weighted by Crippen LogP contribution is -2.50. The number of hydrogen-bond donors (Lipinski definition) is 2. The molecule has 4 atom stereocenters. The van der Waals surface area contributed by atoms with E-state index in [2.05, 4.69) is 21.6 Å². The van der Waals surface area contributed by atoms with E-state index in [1.54, 1.807) is 6.92 Å². The van der Waals surface area contributed by atoms with Crippen molar-refractivity contribution in [2.75, 3.05) is 40.5 Å². The van der Waals surface area contributed by atoms with Gasteiger partial charge in [0.25, 0.3) is 0 Å². The number of ketones is 2. The predicted molar refractivity (Wildman–Crippen MR) is 200 cm³/mol. The quantitative estimate of drug-likeness (QED) is 0.154. The van der Waals surface area contributed by atoms with Crippen molar-refractivity contribution in [2.45, 2.75) is 90.1 Å². The number of unbranched alkanes of at least 4 members (excludes halogenated alkanes) is 1. The minimum absolute atomic E-state index is 0.00908. The summed E-state index contributed by atoms with van der Waals surface area (Å²) in [5.74, 6) is -1.18. The standard InChI is InChI=1S/C40H54N4O6S/c1-5-30(45)23-29(25-37-41-33-14-13-26(2)22-36(33)51-37)40(48)43-38(27-15-19-49-20-16-27)34(46)24-28(10-8-9-18-44(3)4)39(47)42-32-17-21-50-35-12-7-6-11-31(32)35/h6-7,11-14,22,27-29,32,38H,5,8-10,15-21,23-25H2,1-4H3,(H,42,47)(H,43,48)/t28-,29+,32-,38+/m1/s1. The molecule has 0 radical (unpaired) electrons. The highest BCUT2D eigenvalue weighted by Gasteiger charge is 2.36. The van der Waals surface area contributed by atoms with Gasteiger partial charge < -0.3 is 25.0 Å². The van der Waals surface area contributed by atoms with Crippen LogP contribution in [0.5, 0.6) is 5.75 Å². The molecular formula is C40H54N4O6S. The Morgan fingerprint density at radius 3 is 2.51 bits per heavy atom. The number of thiazole rings is 1. The molecule has 2 N–H and O–H groups in total. The summed E-state index contributed by atoms with van der Waals surface area (Å²) >= 11 is 1.54. The first kappa shape index (κ1) is 38.6. The summed E-state index contributed by atoms with van der Waals surface area (Å²) in [5, 5.41) is 7.16. The first-order valence-corrected chi connectivity index (χ1v) is 19.4. The molecule has 3 aromatic rings. The molecule has 51 heavy (non-hydrogen) atoms. The predicted octanol–water partition coefficient (Wildman–Crippen LogP) is 5.99. The Morgan fingerprint density at radius 2 is 1.75 bits per heavy atom. The Kier molecular flexibility index (Phi) is 14.1. The normalized spacial score (nSPS) is 18.0. The third-order valence-corrected chi connectivity index (χ3v) is 11.2. The third kappa shape index (κ3) is 10.9. The van der Waals surface area contributed by atoms with Crippen molar-refractivity contribution in [3.05, 3.63) is 58.6 Å². The van der Waals surface area contributed by atoms with Crippen molar-refractivity contribution in [2.24, 2.45) is 17.8 Å². The lowest BCUT2D eigenvalue weighted by molar-refractivity contribution is -0.136. The maximum absolute atomic E-state index is 14.4. The number of nitrogens with zero attached hydrogens (tertiary/aromatic N) is 2. The van der Waals surface area contributed by atoms with Gasteiger partial charge in [-0.1, -0.05) is 37.6 Å². The van der Waals surface area contributed by atoms with Gasteiger partial charge in [-0.2, -0.15) is 0 Å². The summed E-state index contributed by atoms with van der Waals surface area (Å²) in [5.41, 5.74) is 2.95. The van der Waals surface area contributed by atoms with Crippen LogP contribution in [-0.2, 0) is 30.3 Å². The fourth-order valence-electron chi connectivity index (χ4n) is 7.13. The van der Waals surface area contributed by atoms with Crippen molar-refractivity contribution in [1.82, 2.24) is 20.5 Å². The van der Waals surface area contributed by atoms with E-state index in [1.165, 1.54) is 11.3 Å². The average Bonchev–Trinajstić information content (AvgIpc) is 3.53. The fourth-order valence-corrected chi connectivity index (χ4v) is 8.28. The van der Waals surface area contributed by atoms with Gasteiger partial charge in [0.1, 0.15) is 11.5 Å². The summed E-state index contributed by atoms with van der Waals surface area (Å²) in [7, 11) is 4.05. The van der Waals surface area contributed by atoms with Crippen LogP contribution in [0.15, 0.2) is 42.5 Å². The van der Waals surface area contributed by atoms with E-state index < -0.39 is 17.9 Å². The molecule has 0 aliphatic carbocycles. The number of rotatable bonds is 18. The smallest absolute Gasteiger partial charge is 0.224 e. The highest BCUT2D eigenvalue weighted by Crippen LogP contribution is 2.33. The molecule has 276 valence electrons. The molecule has 2 amide bonds. The molecule has 2 aromatic carbocycles. The van der Waals surface area contributed by atoms with E-state index in [9.17, 15) is 19.2 Å². The molecule has 1 saturated heterocycles. The number of carbonyl (C=O) groups is 4. The molecule has 3 heterocycles. The molecule has 0 spiro atoms. The number of hydrogen-bond acceptors (Lipinski definition) is 9. The van der Waals surface area contributed by atoms with Gasteiger partial charge >= 0.3 is 0 Å². The van der Waals surface area contributed by atoms with E-state index in [1.807, 2.05) is 57.4 Å². The topological polar surface area (TPSA) is 127 Å². The minimum Gasteiger partial charge on any atom is -0.493 e. The zero-order valence-electron chi connectivity index (χ0n) is 30.6. The van der Waals surface area contributed by atoms with Gasteiger partial charge in [0.15, 0.2) is 5.78 Å². The number of aromatic nitrogens is 1. The Bertz CT molecular complexity index is 1650. The summed E-state index contributed by atoms with van der Waals surface area (Å²) in [6, 6.07) is 12.8. The lowest BCUT2D eigenvalue weighted by Gasteiger charge is -2.32. The van der Waals surface area contributed by atoms with Crippen molar-refractivity contribution in [3.8, 4) is 5.75 Å². The minimum atomic E-state index is -0.778. The zero-order valence-corrected chi connectivity index (χ0v) is 31.4. The van der Waals surface area contributed by atoms with E-state index in [0.717, 1.165) is 51.5 Å². The van der Waals surface area contributed by atoms with Gasteiger partial charge in [0, 0.05) is 56.8 Å². The van der Waals surface area contributed by atoms with Crippen LogP contribution in [-0.4, -0.2) is 79.8 Å². The first-order chi connectivity index (χ1) is 24.6. The van der Waals surface area contributed by atoms with E-state index in [4.69, 9.17) is 14.5 Å². The zero-order chi connectivity index (χ0) is 36.3. The molecule has 11 heteroatoms. The largest absolute Gasteiger partial charge is 0.493 e. The van der Waals surface area contributed by atoms with Gasteiger partial charge in [0.05, 0.1) is 39.8 Å². The first-order valence-electron chi connectivity index (χ1n) is 18.6. The van der Waals surface area contributed by atoms with Crippen LogP contribution < -0.4 is 15.4 Å². The van der Waals surface area contributed by atoms with Crippen LogP contribution in [0, 0.1) is 24.7 Å². The van der Waals surface area contributed by atoms with Gasteiger partial charge in [-0.15, -0.1) is 11.3 Å². The molecule has 2 aliphatic rings. The number of carbonyl (C=O) groups excluding carboxylic acids is 4. The van der Waals surface area contributed by atoms with Crippen molar-refractivity contribution in [1.29, 1.82) is 0 Å². The third-order valence-electron chi connectivity index (χ3n) is 10.1. The van der Waals surface area contributed by atoms with Crippen LogP contribution in [0.4, 0.5) is 0 Å². The molecule has 1 aromatic heterocycles. The molecule has 10 nitrogen and oxygen atoms in total. The summed E-state index contributed by atoms with van der Waals surface area (Å²) in [6.07, 6.45) is 4.92. The molecule has 0 bridgehead atoms. The molecular weight excluding hydrogens is 665 g/mol. The highest BCUT2D eigenvalue weighted by atomic mass is 32.1. The van der Waals surface area contributed by atoms with E-state index in [-0.39, 0.29) is 48.2 Å². The Hall–Kier alpha value is -3.67. The number of amides is 2. The van der Waals surface area contributed by atoms with Crippen molar-refractivity contribution in [3.63, 3.8) is 0 Å². The van der Waals surface area contributed by atoms with E-state index >= 15 is 0 Å². The number of ether oxygens (including phenoxy) is 2. The Morgan fingerprint density at radius 1 is 0.961 bits per heavy atom. The van der Waals surface area contributed by atoms with Gasteiger partial charge in [0.2, 0.25) is 11.8 Å². The lowest BCUT2D eigenvalue weighted by atomic mass is 9.83. The number of nitrogens with one attached hydrogen (secondary N) is 2. The fraction of sp³-hybridized carbons (Fsp3) is 0.575. The average molecular weight is 719 g/mol. The summed E-state index contributed by atoms with van der Waals surface area (Å²) in [6.45, 7) is 6.24. The Balaban J connectivity index is 1.34. The molecule has 0 saturated carbocycles. The number of fused-ring (bicyclic) bond motifs is 2. The van der Waals surface area contributed by atoms with Gasteiger partial charge in [-0.3, -0.25) is 19.2 Å². The second-order valence-corrected chi connectivity index (χ2v) is 15.5. The summed E-state index contributed by atoms with van der Waals surface area (Å²) < 4.78 is 12.5. The van der Waals surface area contributed by atoms with Crippen LogP contribution >= 0.6 is 11.3 Å². The molecule has 2 aliphatic heterocycles. The monoisotopic (exact) mass is 718 g/mol. The second-order valence-electron chi connectivity index (χ2n) is 14.4. The van der Waals surface area contributed by atoms with Crippen molar-refractivity contribution >= 4 is 44.9 Å². The number of benzene rings is 2. The van der Waals surface area contributed by atoms with Gasteiger partial charge in [-0.05, 0) is 82.9 Å². The Labute approximate surface area is 306 Å². The maximum atomic E-state index is 14.4. The van der Waals surface area contributed by atoms with Crippen LogP contribution in [0.3, 0.4) is 0 Å². The summed E-state index contributed by atoms with van der Waals surface area (Å²) in [4.78, 5) is 62.2. The SMILES string of the molecule is CCC(=O)C[C@@H](Cc1nc2ccc(C)cc2s1)C(=O)N[C@H](C(=O)C[C@@H](CCCCN(C)C)C(=O)N[C@@H]1CCOc2ccccc21)C1CCOCC1. The van der Waals surface area contributed by atoms with Crippen LogP contribution in [0.1, 0.15) is 86.9 Å². The van der Waals surface area contributed by atoms with Gasteiger partial charge in [-0.25, -0.2) is 4.98 Å². The maximum Gasteiger partial charge on any atom is 0.224 e. The number of aryl methyl sites for hydroxylation is 1. The van der Waals surface area contributed by atoms with Crippen LogP contribution in [0.2, 0.25) is 0 Å². The second kappa shape index (κ2) is 18.7. The van der Waals surface area contributed by atoms with Crippen molar-refractivity contribution < 1.29 is 28.7 Å².